The summed E-state index contributed by atoms with van der Waals surface area (Å²) in [5, 5.41) is 0. The summed E-state index contributed by atoms with van der Waals surface area (Å²) in [7, 11) is 0. The smallest absolute Gasteiger partial charge is 0.256 e. The highest BCUT2D eigenvalue weighted by Crippen LogP contribution is 2.19. The van der Waals surface area contributed by atoms with Crippen molar-refractivity contribution in [3.8, 4) is 11.6 Å². The molecule has 0 aromatic carbocycles. The van der Waals surface area contributed by atoms with E-state index in [0.717, 1.165) is 36.5 Å². The van der Waals surface area contributed by atoms with Crippen LogP contribution in [0.3, 0.4) is 0 Å². The maximum Gasteiger partial charge on any atom is 0.256 e. The molecule has 0 saturated heterocycles. The molecule has 7 nitrogen and oxygen atoms in total. The molecule has 0 fully saturated rings. The molecule has 112 valence electrons. The van der Waals surface area contributed by atoms with Gasteiger partial charge in [0, 0.05) is 37.9 Å². The van der Waals surface area contributed by atoms with Crippen LogP contribution in [0.2, 0.25) is 0 Å². The Kier molecular flexibility index (Phi) is 3.12. The van der Waals surface area contributed by atoms with Crippen molar-refractivity contribution in [2.24, 2.45) is 0 Å². The lowest BCUT2D eigenvalue weighted by Crippen LogP contribution is -2.35. The van der Waals surface area contributed by atoms with Gasteiger partial charge >= 0.3 is 0 Å². The fraction of sp³-hybridized carbons (Fsp3) is 0.267. The first-order valence-electron chi connectivity index (χ1n) is 7.15. The molecular formula is C15H15N5O2. The molecule has 0 aliphatic carbocycles. The number of furan rings is 1. The Hall–Kier alpha value is -2.67. The van der Waals surface area contributed by atoms with Crippen LogP contribution in [0.1, 0.15) is 17.0 Å². The summed E-state index contributed by atoms with van der Waals surface area (Å²) in [6.07, 6.45) is 5.79. The molecule has 2 N–H and O–H groups in total. The molecule has 22 heavy (non-hydrogen) atoms. The molecule has 0 spiro atoms. The van der Waals surface area contributed by atoms with Gasteiger partial charge in [-0.2, -0.15) is 0 Å². The molecule has 0 saturated carbocycles. The second-order valence-electron chi connectivity index (χ2n) is 5.35. The van der Waals surface area contributed by atoms with Crippen molar-refractivity contribution in [3.05, 3.63) is 58.2 Å². The van der Waals surface area contributed by atoms with E-state index in [1.165, 1.54) is 0 Å². The Balaban J connectivity index is 1.61. The standard InChI is InChI=1S/C15H15N5O2/c21-15-11-8-20(7-10-6-16-9-17-10)4-3-12(11)18-14(19-15)13-2-1-5-22-13/h1-2,5-6,9H,3-4,7-8H2,(H,16,17)(H,18,19,21). The van der Waals surface area contributed by atoms with Crippen molar-refractivity contribution in [2.75, 3.05) is 6.54 Å². The lowest BCUT2D eigenvalue weighted by molar-refractivity contribution is 0.239. The number of hydrogen-bond acceptors (Lipinski definition) is 5. The maximum atomic E-state index is 12.3. The molecule has 0 bridgehead atoms. The number of imidazole rings is 1. The second-order valence-corrected chi connectivity index (χ2v) is 5.35. The second kappa shape index (κ2) is 5.27. The topological polar surface area (TPSA) is 90.8 Å². The lowest BCUT2D eigenvalue weighted by Gasteiger charge is -2.26. The van der Waals surface area contributed by atoms with Gasteiger partial charge in [0.05, 0.1) is 23.8 Å². The van der Waals surface area contributed by atoms with E-state index in [0.29, 0.717) is 18.1 Å². The van der Waals surface area contributed by atoms with Crippen LogP contribution in [-0.4, -0.2) is 31.4 Å². The number of aromatic nitrogens is 4. The van der Waals surface area contributed by atoms with Crippen LogP contribution in [-0.2, 0) is 19.5 Å². The minimum Gasteiger partial charge on any atom is -0.461 e. The molecule has 0 amide bonds. The van der Waals surface area contributed by atoms with Crippen molar-refractivity contribution in [1.29, 1.82) is 0 Å². The summed E-state index contributed by atoms with van der Waals surface area (Å²) in [4.78, 5) is 29.0. The first kappa shape index (κ1) is 13.0. The Morgan fingerprint density at radius 2 is 2.36 bits per heavy atom. The summed E-state index contributed by atoms with van der Waals surface area (Å²) in [6, 6.07) is 3.57. The molecule has 1 aliphatic heterocycles. The van der Waals surface area contributed by atoms with Gasteiger partial charge < -0.3 is 14.4 Å². The van der Waals surface area contributed by atoms with E-state index in [4.69, 9.17) is 4.42 Å². The highest BCUT2D eigenvalue weighted by Gasteiger charge is 2.22. The molecular weight excluding hydrogens is 282 g/mol. The van der Waals surface area contributed by atoms with Gasteiger partial charge in [-0.05, 0) is 12.1 Å². The van der Waals surface area contributed by atoms with Gasteiger partial charge in [0.1, 0.15) is 0 Å². The van der Waals surface area contributed by atoms with E-state index in [-0.39, 0.29) is 5.56 Å². The summed E-state index contributed by atoms with van der Waals surface area (Å²) < 4.78 is 5.30. The molecule has 0 atom stereocenters. The number of nitrogens with one attached hydrogen (secondary N) is 2. The van der Waals surface area contributed by atoms with Gasteiger partial charge in [0.15, 0.2) is 11.6 Å². The van der Waals surface area contributed by atoms with E-state index in [1.54, 1.807) is 30.9 Å². The van der Waals surface area contributed by atoms with Gasteiger partial charge in [0.25, 0.3) is 5.56 Å². The Bertz CT molecular complexity index is 820. The van der Waals surface area contributed by atoms with Crippen molar-refractivity contribution in [1.82, 2.24) is 24.8 Å². The molecule has 0 radical (unpaired) electrons. The Morgan fingerprint density at radius 3 is 3.14 bits per heavy atom. The summed E-state index contributed by atoms with van der Waals surface area (Å²) in [5.41, 5.74) is 2.54. The van der Waals surface area contributed by atoms with Crippen LogP contribution < -0.4 is 5.56 Å². The molecule has 1 aliphatic rings. The van der Waals surface area contributed by atoms with Crippen LogP contribution in [0.4, 0.5) is 0 Å². The number of aromatic amines is 2. The third-order valence-corrected chi connectivity index (χ3v) is 3.85. The number of hydrogen-bond donors (Lipinski definition) is 2. The van der Waals surface area contributed by atoms with Crippen molar-refractivity contribution >= 4 is 0 Å². The fourth-order valence-corrected chi connectivity index (χ4v) is 2.76. The largest absolute Gasteiger partial charge is 0.461 e. The highest BCUT2D eigenvalue weighted by atomic mass is 16.3. The molecule has 4 rings (SSSR count). The number of nitrogens with zero attached hydrogens (tertiary/aromatic N) is 3. The number of fused-ring (bicyclic) bond motifs is 1. The molecule has 3 aromatic rings. The molecule has 7 heteroatoms. The van der Waals surface area contributed by atoms with Gasteiger partial charge in [-0.25, -0.2) is 9.97 Å². The van der Waals surface area contributed by atoms with Crippen LogP contribution in [0.5, 0.6) is 0 Å². The van der Waals surface area contributed by atoms with Crippen molar-refractivity contribution < 1.29 is 4.42 Å². The minimum absolute atomic E-state index is 0.0919. The van der Waals surface area contributed by atoms with Gasteiger partial charge in [0.2, 0.25) is 0 Å². The molecule has 0 unspecified atom stereocenters. The summed E-state index contributed by atoms with van der Waals surface area (Å²) in [6.45, 7) is 2.20. The van der Waals surface area contributed by atoms with E-state index < -0.39 is 0 Å². The van der Waals surface area contributed by atoms with Crippen LogP contribution >= 0.6 is 0 Å². The van der Waals surface area contributed by atoms with E-state index in [1.807, 2.05) is 0 Å². The third kappa shape index (κ3) is 2.35. The van der Waals surface area contributed by atoms with Crippen molar-refractivity contribution in [2.45, 2.75) is 19.5 Å². The SMILES string of the molecule is O=c1[nH]c(-c2ccco2)nc2c1CN(Cc1cnc[nH]1)CC2. The predicted molar refractivity (Wildman–Crippen MR) is 79.0 cm³/mol. The Morgan fingerprint density at radius 1 is 1.41 bits per heavy atom. The van der Waals surface area contributed by atoms with Crippen LogP contribution in [0.15, 0.2) is 40.1 Å². The lowest BCUT2D eigenvalue weighted by atomic mass is 10.1. The number of H-pyrrole nitrogens is 2. The third-order valence-electron chi connectivity index (χ3n) is 3.85. The average Bonchev–Trinajstić information content (AvgIpc) is 3.20. The van der Waals surface area contributed by atoms with Gasteiger partial charge in [-0.1, -0.05) is 0 Å². The zero-order valence-electron chi connectivity index (χ0n) is 11.9. The van der Waals surface area contributed by atoms with Gasteiger partial charge in [-0.3, -0.25) is 9.69 Å². The Labute approximate surface area is 126 Å². The molecule has 3 aromatic heterocycles. The van der Waals surface area contributed by atoms with E-state index in [9.17, 15) is 4.79 Å². The predicted octanol–water partition coefficient (Wildman–Crippen LogP) is 1.31. The quantitative estimate of drug-likeness (QED) is 0.760. The minimum atomic E-state index is -0.0919. The zero-order chi connectivity index (χ0) is 14.9. The first-order chi connectivity index (χ1) is 10.8. The summed E-state index contributed by atoms with van der Waals surface area (Å²) in [5.74, 6) is 1.08. The highest BCUT2D eigenvalue weighted by molar-refractivity contribution is 5.46. The van der Waals surface area contributed by atoms with E-state index in [2.05, 4.69) is 24.8 Å². The maximum absolute atomic E-state index is 12.3. The average molecular weight is 297 g/mol. The normalized spacial score (nSPS) is 14.9. The fourth-order valence-electron chi connectivity index (χ4n) is 2.76. The van der Waals surface area contributed by atoms with Crippen LogP contribution in [0, 0.1) is 0 Å². The van der Waals surface area contributed by atoms with E-state index >= 15 is 0 Å². The monoisotopic (exact) mass is 297 g/mol. The molecule has 4 heterocycles. The number of rotatable bonds is 3. The van der Waals surface area contributed by atoms with Gasteiger partial charge in [-0.15, -0.1) is 0 Å². The first-order valence-corrected chi connectivity index (χ1v) is 7.15. The van der Waals surface area contributed by atoms with Crippen LogP contribution in [0.25, 0.3) is 11.6 Å². The van der Waals surface area contributed by atoms with Crippen molar-refractivity contribution in [3.63, 3.8) is 0 Å². The summed E-state index contributed by atoms with van der Waals surface area (Å²) >= 11 is 0. The zero-order valence-corrected chi connectivity index (χ0v) is 11.9.